The van der Waals surface area contributed by atoms with Crippen LogP contribution in [-0.4, -0.2) is 28.2 Å². The van der Waals surface area contributed by atoms with E-state index in [0.717, 1.165) is 29.9 Å². The fourth-order valence-corrected chi connectivity index (χ4v) is 3.72. The molecule has 1 aliphatic rings. The van der Waals surface area contributed by atoms with E-state index < -0.39 is 0 Å². The van der Waals surface area contributed by atoms with Crippen molar-refractivity contribution in [3.05, 3.63) is 53.5 Å². The molecule has 1 aromatic carbocycles. The zero-order chi connectivity index (χ0) is 15.5. The normalized spacial score (nSPS) is 18.1. The number of hydrogen-bond donors (Lipinski definition) is 1. The Morgan fingerprint density at radius 1 is 1.27 bits per heavy atom. The summed E-state index contributed by atoms with van der Waals surface area (Å²) in [5, 5.41) is 9.29. The number of rotatable bonds is 5. The number of aryl methyl sites for hydroxylation is 1. The van der Waals surface area contributed by atoms with E-state index in [2.05, 4.69) is 6.92 Å². The molecule has 22 heavy (non-hydrogen) atoms. The van der Waals surface area contributed by atoms with E-state index in [4.69, 9.17) is 4.42 Å². The second kappa shape index (κ2) is 6.48. The predicted molar refractivity (Wildman–Crippen MR) is 86.8 cm³/mol. The van der Waals surface area contributed by atoms with E-state index in [1.165, 1.54) is 0 Å². The number of phenolic OH excluding ortho intramolecular Hbond substituents is 1. The van der Waals surface area contributed by atoms with Gasteiger partial charge in [-0.05, 0) is 36.2 Å². The first-order valence-electron chi connectivity index (χ1n) is 7.45. The highest BCUT2D eigenvalue weighted by Crippen LogP contribution is 2.39. The molecule has 2 aromatic rings. The molecule has 0 saturated carbocycles. The van der Waals surface area contributed by atoms with Crippen molar-refractivity contribution in [2.24, 2.45) is 0 Å². The van der Waals surface area contributed by atoms with Crippen molar-refractivity contribution in [2.75, 3.05) is 12.3 Å². The van der Waals surface area contributed by atoms with Gasteiger partial charge in [0.2, 0.25) is 5.91 Å². The van der Waals surface area contributed by atoms with Crippen LogP contribution in [0.5, 0.6) is 5.75 Å². The van der Waals surface area contributed by atoms with E-state index in [1.807, 2.05) is 29.2 Å². The van der Waals surface area contributed by atoms with Gasteiger partial charge in [-0.3, -0.25) is 4.79 Å². The maximum absolute atomic E-state index is 12.1. The Bertz CT molecular complexity index is 650. The van der Waals surface area contributed by atoms with Crippen molar-refractivity contribution in [3.63, 3.8) is 0 Å². The quantitative estimate of drug-likeness (QED) is 0.918. The summed E-state index contributed by atoms with van der Waals surface area (Å²) in [5.74, 6) is 2.73. The number of benzene rings is 1. The monoisotopic (exact) mass is 317 g/mol. The fourth-order valence-electron chi connectivity index (χ4n) is 2.56. The minimum Gasteiger partial charge on any atom is -0.508 e. The number of nitrogens with zero attached hydrogens (tertiary/aromatic N) is 1. The molecule has 1 saturated heterocycles. The van der Waals surface area contributed by atoms with Crippen molar-refractivity contribution in [2.45, 2.75) is 25.1 Å². The third-order valence-electron chi connectivity index (χ3n) is 3.82. The number of thioether (sulfide) groups is 1. The van der Waals surface area contributed by atoms with Crippen molar-refractivity contribution in [1.29, 1.82) is 0 Å². The molecule has 3 rings (SSSR count). The van der Waals surface area contributed by atoms with Gasteiger partial charge in [0, 0.05) is 13.0 Å². The van der Waals surface area contributed by atoms with Gasteiger partial charge in [0.15, 0.2) is 0 Å². The van der Waals surface area contributed by atoms with E-state index in [0.29, 0.717) is 12.3 Å². The number of furan rings is 1. The molecular weight excluding hydrogens is 298 g/mol. The summed E-state index contributed by atoms with van der Waals surface area (Å²) in [4.78, 5) is 14.0. The molecule has 0 spiro atoms. The molecular formula is C17H19NO3S. The molecule has 1 aliphatic heterocycles. The first-order valence-corrected chi connectivity index (χ1v) is 8.50. The van der Waals surface area contributed by atoms with Crippen molar-refractivity contribution < 1.29 is 14.3 Å². The van der Waals surface area contributed by atoms with Gasteiger partial charge in [-0.2, -0.15) is 0 Å². The predicted octanol–water partition coefficient (Wildman–Crippen LogP) is 3.36. The maximum Gasteiger partial charge on any atom is 0.233 e. The first-order chi connectivity index (χ1) is 10.7. The summed E-state index contributed by atoms with van der Waals surface area (Å²) in [7, 11) is 0. The molecule has 5 heteroatoms. The highest BCUT2D eigenvalue weighted by molar-refractivity contribution is 8.00. The van der Waals surface area contributed by atoms with Crippen LogP contribution in [-0.2, 0) is 17.6 Å². The number of phenols is 1. The topological polar surface area (TPSA) is 53.7 Å². The van der Waals surface area contributed by atoms with E-state index in [1.54, 1.807) is 23.9 Å². The SMILES string of the molecule is CCc1ccc(C2SCC(=O)N2CCc2ccc(O)cc2)o1. The molecule has 1 N–H and O–H groups in total. The lowest BCUT2D eigenvalue weighted by Gasteiger charge is -2.22. The van der Waals surface area contributed by atoms with Crippen LogP contribution >= 0.6 is 11.8 Å². The van der Waals surface area contributed by atoms with Gasteiger partial charge in [0.25, 0.3) is 0 Å². The molecule has 0 aliphatic carbocycles. The van der Waals surface area contributed by atoms with Gasteiger partial charge >= 0.3 is 0 Å². The minimum absolute atomic E-state index is 0.0232. The molecule has 0 bridgehead atoms. The molecule has 1 amide bonds. The Hall–Kier alpha value is -1.88. The summed E-state index contributed by atoms with van der Waals surface area (Å²) >= 11 is 1.62. The Balaban J connectivity index is 1.69. The second-order valence-electron chi connectivity index (χ2n) is 5.32. The van der Waals surface area contributed by atoms with Gasteiger partial charge in [0.05, 0.1) is 5.75 Å². The van der Waals surface area contributed by atoms with Gasteiger partial charge < -0.3 is 14.4 Å². The van der Waals surface area contributed by atoms with Crippen LogP contribution in [0, 0.1) is 0 Å². The maximum atomic E-state index is 12.1. The van der Waals surface area contributed by atoms with Gasteiger partial charge in [-0.25, -0.2) is 0 Å². The Labute approximate surface area is 134 Å². The number of aromatic hydroxyl groups is 1. The van der Waals surface area contributed by atoms with E-state index in [-0.39, 0.29) is 17.0 Å². The van der Waals surface area contributed by atoms with Crippen LogP contribution < -0.4 is 0 Å². The summed E-state index contributed by atoms with van der Waals surface area (Å²) in [5.41, 5.74) is 1.11. The molecule has 1 aromatic heterocycles. The highest BCUT2D eigenvalue weighted by Gasteiger charge is 2.34. The first kappa shape index (κ1) is 15.0. The summed E-state index contributed by atoms with van der Waals surface area (Å²) < 4.78 is 5.82. The Morgan fingerprint density at radius 3 is 2.73 bits per heavy atom. The lowest BCUT2D eigenvalue weighted by molar-refractivity contribution is -0.128. The Morgan fingerprint density at radius 2 is 2.05 bits per heavy atom. The van der Waals surface area contributed by atoms with E-state index in [9.17, 15) is 9.90 Å². The lowest BCUT2D eigenvalue weighted by atomic mass is 10.1. The molecule has 1 fully saturated rings. The lowest BCUT2D eigenvalue weighted by Crippen LogP contribution is -2.30. The second-order valence-corrected chi connectivity index (χ2v) is 6.39. The molecule has 1 atom stereocenters. The number of carbonyl (C=O) groups excluding carboxylic acids is 1. The van der Waals surface area contributed by atoms with E-state index >= 15 is 0 Å². The van der Waals surface area contributed by atoms with Crippen molar-refractivity contribution >= 4 is 17.7 Å². The number of amides is 1. The molecule has 1 unspecified atom stereocenters. The third-order valence-corrected chi connectivity index (χ3v) is 5.04. The Kier molecular flexibility index (Phi) is 4.43. The van der Waals surface area contributed by atoms with Crippen LogP contribution in [0.4, 0.5) is 0 Å². The van der Waals surface area contributed by atoms with Crippen molar-refractivity contribution in [1.82, 2.24) is 4.90 Å². The highest BCUT2D eigenvalue weighted by atomic mass is 32.2. The average Bonchev–Trinajstić information content (AvgIpc) is 3.13. The van der Waals surface area contributed by atoms with Gasteiger partial charge in [0.1, 0.15) is 22.6 Å². The van der Waals surface area contributed by atoms with Crippen LogP contribution in [0.1, 0.15) is 29.4 Å². The summed E-state index contributed by atoms with van der Waals surface area (Å²) in [6, 6.07) is 11.1. The van der Waals surface area contributed by atoms with Gasteiger partial charge in [-0.1, -0.05) is 19.1 Å². The van der Waals surface area contributed by atoms with Crippen LogP contribution in [0.15, 0.2) is 40.8 Å². The summed E-state index contributed by atoms with van der Waals surface area (Å²) in [6.45, 7) is 2.71. The number of hydrogen-bond acceptors (Lipinski definition) is 4. The minimum atomic E-state index is -0.0232. The largest absolute Gasteiger partial charge is 0.508 e. The smallest absolute Gasteiger partial charge is 0.233 e. The van der Waals surface area contributed by atoms with Crippen LogP contribution in [0.2, 0.25) is 0 Å². The zero-order valence-corrected chi connectivity index (χ0v) is 13.3. The third kappa shape index (κ3) is 3.14. The molecule has 116 valence electrons. The molecule has 0 radical (unpaired) electrons. The molecule has 4 nitrogen and oxygen atoms in total. The summed E-state index contributed by atoms with van der Waals surface area (Å²) in [6.07, 6.45) is 1.63. The average molecular weight is 317 g/mol. The number of carbonyl (C=O) groups is 1. The zero-order valence-electron chi connectivity index (χ0n) is 12.5. The molecule has 2 heterocycles. The standard InChI is InChI=1S/C17H19NO3S/c1-2-14-7-8-15(21-14)17-18(16(20)11-22-17)10-9-12-3-5-13(19)6-4-12/h3-8,17,19H,2,9-11H2,1H3. The fraction of sp³-hybridized carbons (Fsp3) is 0.353. The van der Waals surface area contributed by atoms with Crippen LogP contribution in [0.3, 0.4) is 0 Å². The van der Waals surface area contributed by atoms with Crippen LogP contribution in [0.25, 0.3) is 0 Å². The van der Waals surface area contributed by atoms with Crippen molar-refractivity contribution in [3.8, 4) is 5.75 Å². The van der Waals surface area contributed by atoms with Gasteiger partial charge in [-0.15, -0.1) is 11.8 Å².